The van der Waals surface area contributed by atoms with E-state index < -0.39 is 5.60 Å². The number of benzene rings is 1. The summed E-state index contributed by atoms with van der Waals surface area (Å²) in [7, 11) is 0. The van der Waals surface area contributed by atoms with Gasteiger partial charge in [-0.25, -0.2) is 0 Å². The van der Waals surface area contributed by atoms with E-state index in [1.54, 1.807) is 6.07 Å². The highest BCUT2D eigenvalue weighted by molar-refractivity contribution is 5.84. The molecule has 21 heavy (non-hydrogen) atoms. The average molecular weight is 276 g/mol. The van der Waals surface area contributed by atoms with Gasteiger partial charge in [0, 0.05) is 17.3 Å². The summed E-state index contributed by atoms with van der Waals surface area (Å²) >= 11 is 0. The second-order valence-electron chi connectivity index (χ2n) is 5.80. The number of nitriles is 1. The summed E-state index contributed by atoms with van der Waals surface area (Å²) in [5.74, 6) is 0.791. The van der Waals surface area contributed by atoms with E-state index in [9.17, 15) is 0 Å². The van der Waals surface area contributed by atoms with Crippen LogP contribution in [0.3, 0.4) is 0 Å². The fraction of sp³-hybridized carbons (Fsp3) is 0.222. The van der Waals surface area contributed by atoms with E-state index in [0.29, 0.717) is 5.56 Å². The first-order chi connectivity index (χ1) is 9.98. The maximum atomic E-state index is 9.12. The van der Waals surface area contributed by atoms with E-state index in [2.05, 4.69) is 23.2 Å². The number of fused-ring (bicyclic) bond motifs is 1. The first kappa shape index (κ1) is 13.4. The van der Waals surface area contributed by atoms with Crippen molar-refractivity contribution in [1.29, 1.82) is 5.26 Å². The van der Waals surface area contributed by atoms with Gasteiger partial charge in [-0.15, -0.1) is 0 Å². The number of rotatable bonds is 1. The van der Waals surface area contributed by atoms with Gasteiger partial charge in [0.25, 0.3) is 0 Å². The number of ether oxygens (including phenoxy) is 1. The Balaban J connectivity index is 2.23. The monoisotopic (exact) mass is 276 g/mol. The molecule has 1 aromatic heterocycles. The van der Waals surface area contributed by atoms with Crippen LogP contribution in [0.4, 0.5) is 0 Å². The predicted octanol–water partition coefficient (Wildman–Crippen LogP) is 3.86. The molecule has 3 nitrogen and oxygen atoms in total. The standard InChI is InChI=1S/C18H16N2O/c1-12-6-7-20-16(8-12)15-10-18(2,3)21-17-5-4-13(11-19)9-14(15)17/h4-10H,1-3H3. The molecule has 0 saturated heterocycles. The Morgan fingerprint density at radius 2 is 2.00 bits per heavy atom. The molecule has 0 radical (unpaired) electrons. The zero-order valence-corrected chi connectivity index (χ0v) is 12.3. The van der Waals surface area contributed by atoms with Crippen LogP contribution in [0.25, 0.3) is 5.57 Å². The lowest BCUT2D eigenvalue weighted by molar-refractivity contribution is 0.158. The van der Waals surface area contributed by atoms with Gasteiger partial charge in [0.05, 0.1) is 17.3 Å². The fourth-order valence-electron chi connectivity index (χ4n) is 2.53. The molecule has 1 aliphatic rings. The van der Waals surface area contributed by atoms with Crippen LogP contribution in [-0.2, 0) is 0 Å². The largest absolute Gasteiger partial charge is 0.483 e. The van der Waals surface area contributed by atoms with Crippen molar-refractivity contribution in [3.8, 4) is 11.8 Å². The third-order valence-electron chi connectivity index (χ3n) is 3.46. The van der Waals surface area contributed by atoms with Gasteiger partial charge < -0.3 is 4.74 Å². The Morgan fingerprint density at radius 1 is 1.19 bits per heavy atom. The summed E-state index contributed by atoms with van der Waals surface area (Å²) in [6.07, 6.45) is 3.88. The van der Waals surface area contributed by atoms with Crippen molar-refractivity contribution >= 4 is 5.57 Å². The number of hydrogen-bond donors (Lipinski definition) is 0. The quantitative estimate of drug-likeness (QED) is 0.794. The van der Waals surface area contributed by atoms with Crippen molar-refractivity contribution in [2.45, 2.75) is 26.4 Å². The van der Waals surface area contributed by atoms with Crippen LogP contribution in [0.15, 0.2) is 42.6 Å². The summed E-state index contributed by atoms with van der Waals surface area (Å²) in [6.45, 7) is 6.08. The van der Waals surface area contributed by atoms with Crippen LogP contribution in [0.2, 0.25) is 0 Å². The van der Waals surface area contributed by atoms with E-state index in [0.717, 1.165) is 28.1 Å². The number of aromatic nitrogens is 1. The van der Waals surface area contributed by atoms with Gasteiger partial charge >= 0.3 is 0 Å². The molecule has 2 heterocycles. The molecular weight excluding hydrogens is 260 g/mol. The van der Waals surface area contributed by atoms with Crippen molar-refractivity contribution in [3.63, 3.8) is 0 Å². The molecule has 0 unspecified atom stereocenters. The molecule has 0 aliphatic carbocycles. The van der Waals surface area contributed by atoms with Gasteiger partial charge in [0.2, 0.25) is 0 Å². The highest BCUT2D eigenvalue weighted by Crippen LogP contribution is 2.39. The molecule has 3 heteroatoms. The molecule has 0 fully saturated rings. The van der Waals surface area contributed by atoms with Gasteiger partial charge in [0.1, 0.15) is 11.4 Å². The molecule has 0 spiro atoms. The Labute approximate surface area is 124 Å². The van der Waals surface area contributed by atoms with E-state index in [4.69, 9.17) is 10.00 Å². The third-order valence-corrected chi connectivity index (χ3v) is 3.46. The number of nitrogens with zero attached hydrogens (tertiary/aromatic N) is 2. The van der Waals surface area contributed by atoms with Gasteiger partial charge in [0.15, 0.2) is 0 Å². The highest BCUT2D eigenvalue weighted by atomic mass is 16.5. The van der Waals surface area contributed by atoms with Crippen molar-refractivity contribution in [1.82, 2.24) is 4.98 Å². The Kier molecular flexibility index (Phi) is 3.03. The van der Waals surface area contributed by atoms with Crippen LogP contribution < -0.4 is 4.74 Å². The maximum Gasteiger partial charge on any atom is 0.128 e. The molecule has 0 bridgehead atoms. The van der Waals surface area contributed by atoms with E-state index in [1.807, 2.05) is 45.2 Å². The zero-order valence-electron chi connectivity index (χ0n) is 12.3. The Morgan fingerprint density at radius 3 is 2.71 bits per heavy atom. The first-order valence-electron chi connectivity index (χ1n) is 6.88. The van der Waals surface area contributed by atoms with Gasteiger partial charge in [-0.3, -0.25) is 4.98 Å². The van der Waals surface area contributed by atoms with Gasteiger partial charge in [-0.2, -0.15) is 5.26 Å². The fourth-order valence-corrected chi connectivity index (χ4v) is 2.53. The van der Waals surface area contributed by atoms with E-state index >= 15 is 0 Å². The zero-order chi connectivity index (χ0) is 15.0. The van der Waals surface area contributed by atoms with Crippen LogP contribution in [0.5, 0.6) is 5.75 Å². The normalized spacial score (nSPS) is 15.4. The molecule has 0 saturated carbocycles. The minimum absolute atomic E-state index is 0.401. The summed E-state index contributed by atoms with van der Waals surface area (Å²) in [5, 5.41) is 9.12. The predicted molar refractivity (Wildman–Crippen MR) is 81.9 cm³/mol. The van der Waals surface area contributed by atoms with Crippen molar-refractivity contribution < 1.29 is 4.74 Å². The van der Waals surface area contributed by atoms with Crippen LogP contribution >= 0.6 is 0 Å². The SMILES string of the molecule is Cc1ccnc(C2=CC(C)(C)Oc3ccc(C#N)cc32)c1. The summed E-state index contributed by atoms with van der Waals surface area (Å²) in [4.78, 5) is 4.48. The summed E-state index contributed by atoms with van der Waals surface area (Å²) < 4.78 is 5.99. The van der Waals surface area contributed by atoms with Crippen molar-refractivity contribution in [2.24, 2.45) is 0 Å². The second kappa shape index (κ2) is 4.75. The first-order valence-corrected chi connectivity index (χ1v) is 6.88. The highest BCUT2D eigenvalue weighted by Gasteiger charge is 2.27. The molecule has 3 rings (SSSR count). The lowest BCUT2D eigenvalue weighted by Gasteiger charge is -2.31. The minimum Gasteiger partial charge on any atom is -0.483 e. The second-order valence-corrected chi connectivity index (χ2v) is 5.80. The van der Waals surface area contributed by atoms with Crippen molar-refractivity contribution in [2.75, 3.05) is 0 Å². The number of pyridine rings is 1. The van der Waals surface area contributed by atoms with Crippen molar-refractivity contribution in [3.05, 3.63) is 65.0 Å². The van der Waals surface area contributed by atoms with Gasteiger partial charge in [-0.05, 0) is 62.7 Å². The smallest absolute Gasteiger partial charge is 0.128 e. The Hall–Kier alpha value is -2.60. The van der Waals surface area contributed by atoms with Crippen LogP contribution in [-0.4, -0.2) is 10.6 Å². The van der Waals surface area contributed by atoms with Crippen LogP contribution in [0.1, 0.15) is 36.2 Å². The molecule has 1 aromatic carbocycles. The maximum absolute atomic E-state index is 9.12. The van der Waals surface area contributed by atoms with Gasteiger partial charge in [-0.1, -0.05) is 0 Å². The number of aryl methyl sites for hydroxylation is 1. The molecule has 2 aromatic rings. The average Bonchev–Trinajstić information content (AvgIpc) is 2.45. The molecule has 0 amide bonds. The van der Waals surface area contributed by atoms with E-state index in [1.165, 1.54) is 0 Å². The molecular formula is C18H16N2O. The molecule has 0 N–H and O–H groups in total. The molecule has 104 valence electrons. The summed E-state index contributed by atoms with van der Waals surface area (Å²) in [5.41, 5.74) is 4.22. The molecule has 0 atom stereocenters. The summed E-state index contributed by atoms with van der Waals surface area (Å²) in [6, 6.07) is 11.7. The third kappa shape index (κ3) is 2.53. The minimum atomic E-state index is -0.401. The Bertz CT molecular complexity index is 782. The number of hydrogen-bond acceptors (Lipinski definition) is 3. The lowest BCUT2D eigenvalue weighted by atomic mass is 9.91. The molecule has 1 aliphatic heterocycles. The van der Waals surface area contributed by atoms with Crippen LogP contribution in [0, 0.1) is 18.3 Å². The lowest BCUT2D eigenvalue weighted by Crippen LogP contribution is -2.29. The van der Waals surface area contributed by atoms with E-state index in [-0.39, 0.29) is 0 Å². The topological polar surface area (TPSA) is 45.9 Å².